The molecular formula is C28H19ClN2O4. The van der Waals surface area contributed by atoms with Crippen molar-refractivity contribution in [3.63, 3.8) is 0 Å². The van der Waals surface area contributed by atoms with E-state index in [4.69, 9.17) is 11.6 Å². The summed E-state index contributed by atoms with van der Waals surface area (Å²) in [7, 11) is 0. The Morgan fingerprint density at radius 1 is 0.429 bits per heavy atom. The van der Waals surface area contributed by atoms with E-state index in [1.807, 2.05) is 12.1 Å². The second kappa shape index (κ2) is 10.6. The second-order valence-electron chi connectivity index (χ2n) is 7.51. The summed E-state index contributed by atoms with van der Waals surface area (Å²) in [6, 6.07) is 32.3. The van der Waals surface area contributed by atoms with Crippen LogP contribution in [0.25, 0.3) is 11.1 Å². The van der Waals surface area contributed by atoms with Gasteiger partial charge in [-0.1, -0.05) is 90.5 Å². The number of benzene rings is 4. The van der Waals surface area contributed by atoms with Crippen LogP contribution in [0.3, 0.4) is 0 Å². The Morgan fingerprint density at radius 3 is 1.31 bits per heavy atom. The molecule has 0 radical (unpaired) electrons. The van der Waals surface area contributed by atoms with Gasteiger partial charge >= 0.3 is 0 Å². The highest BCUT2D eigenvalue weighted by atomic mass is 35.5. The summed E-state index contributed by atoms with van der Waals surface area (Å²) in [6.07, 6.45) is 0. The van der Waals surface area contributed by atoms with Crippen molar-refractivity contribution in [2.75, 3.05) is 0 Å². The maximum Gasteiger partial charge on any atom is 0.260 e. The Bertz CT molecular complexity index is 1350. The Balaban J connectivity index is 0.000000124. The molecule has 0 spiro atoms. The first kappa shape index (κ1) is 23.6. The van der Waals surface area contributed by atoms with Gasteiger partial charge in [0, 0.05) is 0 Å². The molecule has 0 saturated carbocycles. The quantitative estimate of drug-likeness (QED) is 0.367. The molecule has 7 heteroatoms. The summed E-state index contributed by atoms with van der Waals surface area (Å²) in [5.74, 6) is -1.39. The molecule has 6 nitrogen and oxygen atoms in total. The zero-order valence-electron chi connectivity index (χ0n) is 18.3. The lowest BCUT2D eigenvalue weighted by molar-refractivity contribution is 0.0863. The Labute approximate surface area is 206 Å². The number of carbonyl (C=O) groups excluding carboxylic acids is 4. The maximum atomic E-state index is 11.1. The van der Waals surface area contributed by atoms with Crippen molar-refractivity contribution in [3.05, 3.63) is 130 Å². The molecule has 2 aliphatic rings. The SMILES string of the molecule is O=C1NC(=O)c2c(Cl)cccc21.O=C1NC(=O)c2ccccc21.c1ccc(-c2ccccc2)cc1. The number of fused-ring (bicyclic) bond motifs is 2. The monoisotopic (exact) mass is 482 g/mol. The van der Waals surface area contributed by atoms with Gasteiger partial charge in [-0.15, -0.1) is 0 Å². The van der Waals surface area contributed by atoms with E-state index in [0.717, 1.165) is 0 Å². The molecule has 35 heavy (non-hydrogen) atoms. The van der Waals surface area contributed by atoms with Crippen LogP contribution in [0.5, 0.6) is 0 Å². The zero-order valence-corrected chi connectivity index (χ0v) is 19.1. The minimum absolute atomic E-state index is 0.282. The molecule has 2 heterocycles. The predicted octanol–water partition coefficient (Wildman–Crippen LogP) is 5.15. The van der Waals surface area contributed by atoms with Gasteiger partial charge in [-0.2, -0.15) is 0 Å². The molecule has 0 saturated heterocycles. The first-order valence-electron chi connectivity index (χ1n) is 10.6. The number of hydrogen-bond donors (Lipinski definition) is 2. The molecule has 0 unspecified atom stereocenters. The van der Waals surface area contributed by atoms with Crippen LogP contribution in [0.4, 0.5) is 0 Å². The van der Waals surface area contributed by atoms with Crippen molar-refractivity contribution >= 4 is 35.2 Å². The van der Waals surface area contributed by atoms with E-state index in [2.05, 4.69) is 59.2 Å². The fraction of sp³-hybridized carbons (Fsp3) is 0. The Hall–Kier alpha value is -4.55. The molecule has 2 N–H and O–H groups in total. The van der Waals surface area contributed by atoms with E-state index in [9.17, 15) is 19.2 Å². The molecule has 0 fully saturated rings. The number of imide groups is 2. The minimum Gasteiger partial charge on any atom is -0.288 e. The van der Waals surface area contributed by atoms with Gasteiger partial charge in [0.15, 0.2) is 0 Å². The van der Waals surface area contributed by atoms with Gasteiger partial charge in [-0.25, -0.2) is 0 Å². The molecule has 4 aromatic rings. The number of rotatable bonds is 1. The van der Waals surface area contributed by atoms with Crippen LogP contribution in [0.2, 0.25) is 5.02 Å². The fourth-order valence-corrected chi connectivity index (χ4v) is 3.82. The molecule has 0 atom stereocenters. The number of carbonyl (C=O) groups is 4. The third-order valence-corrected chi connectivity index (χ3v) is 5.55. The minimum atomic E-state index is -0.416. The number of nitrogens with one attached hydrogen (secondary N) is 2. The van der Waals surface area contributed by atoms with Crippen LogP contribution in [0.15, 0.2) is 103 Å². The topological polar surface area (TPSA) is 92.3 Å². The van der Waals surface area contributed by atoms with Crippen molar-refractivity contribution in [1.82, 2.24) is 10.6 Å². The van der Waals surface area contributed by atoms with Crippen LogP contribution in [-0.4, -0.2) is 23.6 Å². The summed E-state index contributed by atoms with van der Waals surface area (Å²) in [4.78, 5) is 44.0. The summed E-state index contributed by atoms with van der Waals surface area (Å²) in [5, 5.41) is 4.68. The van der Waals surface area contributed by atoms with Crippen molar-refractivity contribution in [2.45, 2.75) is 0 Å². The third kappa shape index (κ3) is 5.34. The first-order valence-corrected chi connectivity index (χ1v) is 11.0. The van der Waals surface area contributed by atoms with E-state index in [1.165, 1.54) is 11.1 Å². The third-order valence-electron chi connectivity index (χ3n) is 5.24. The molecule has 2 aliphatic heterocycles. The maximum absolute atomic E-state index is 11.1. The average molecular weight is 483 g/mol. The summed E-state index contributed by atoms with van der Waals surface area (Å²) in [5.41, 5.74) is 4.13. The Morgan fingerprint density at radius 2 is 0.829 bits per heavy atom. The molecule has 0 aromatic heterocycles. The number of hydrogen-bond acceptors (Lipinski definition) is 4. The predicted molar refractivity (Wildman–Crippen MR) is 133 cm³/mol. The van der Waals surface area contributed by atoms with Gasteiger partial charge in [0.05, 0.1) is 27.3 Å². The highest BCUT2D eigenvalue weighted by molar-refractivity contribution is 6.37. The first-order chi connectivity index (χ1) is 17.0. The number of amides is 4. The van der Waals surface area contributed by atoms with Gasteiger partial charge in [-0.3, -0.25) is 29.8 Å². The molecular weight excluding hydrogens is 464 g/mol. The molecule has 6 rings (SSSR count). The lowest BCUT2D eigenvalue weighted by Crippen LogP contribution is -2.19. The van der Waals surface area contributed by atoms with Crippen LogP contribution < -0.4 is 10.6 Å². The van der Waals surface area contributed by atoms with Gasteiger partial charge in [0.25, 0.3) is 23.6 Å². The average Bonchev–Trinajstić information content (AvgIpc) is 3.36. The van der Waals surface area contributed by atoms with Gasteiger partial charge < -0.3 is 0 Å². The highest BCUT2D eigenvalue weighted by Crippen LogP contribution is 2.23. The Kier molecular flexibility index (Phi) is 7.14. The molecule has 4 aromatic carbocycles. The van der Waals surface area contributed by atoms with Crippen LogP contribution in [0.1, 0.15) is 41.4 Å². The fourth-order valence-electron chi connectivity index (χ4n) is 3.56. The molecule has 172 valence electrons. The summed E-state index contributed by atoms with van der Waals surface area (Å²) in [6.45, 7) is 0. The summed E-state index contributed by atoms with van der Waals surface area (Å²) >= 11 is 5.72. The van der Waals surface area contributed by atoms with E-state index in [0.29, 0.717) is 21.7 Å². The van der Waals surface area contributed by atoms with Crippen molar-refractivity contribution in [1.29, 1.82) is 0 Å². The highest BCUT2D eigenvalue weighted by Gasteiger charge is 2.28. The standard InChI is InChI=1S/C12H10.C8H4ClNO2.C8H5NO2/c1-3-7-11(8-4-1)12-9-5-2-6-10-12;9-5-3-1-2-4-6(5)8(12)10-7(4)11;10-7-5-3-1-2-4-6(5)8(11)9-7/h1-10H;1-3H,(H,10,11,12);1-4H,(H,9,10,11). The second-order valence-corrected chi connectivity index (χ2v) is 7.91. The van der Waals surface area contributed by atoms with E-state index < -0.39 is 5.91 Å². The van der Waals surface area contributed by atoms with Crippen LogP contribution in [0, 0.1) is 0 Å². The zero-order chi connectivity index (χ0) is 24.8. The lowest BCUT2D eigenvalue weighted by atomic mass is 10.1. The largest absolute Gasteiger partial charge is 0.288 e. The van der Waals surface area contributed by atoms with Crippen molar-refractivity contribution in [2.24, 2.45) is 0 Å². The van der Waals surface area contributed by atoms with E-state index in [-0.39, 0.29) is 23.3 Å². The lowest BCUT2D eigenvalue weighted by Gasteiger charge is -1.98. The smallest absolute Gasteiger partial charge is 0.260 e. The summed E-state index contributed by atoms with van der Waals surface area (Å²) < 4.78 is 0. The normalized spacial score (nSPS) is 12.8. The molecule has 4 amide bonds. The van der Waals surface area contributed by atoms with Gasteiger partial charge in [0.1, 0.15) is 0 Å². The molecule has 0 bridgehead atoms. The van der Waals surface area contributed by atoms with Gasteiger partial charge in [-0.05, 0) is 35.4 Å². The van der Waals surface area contributed by atoms with Crippen molar-refractivity contribution < 1.29 is 19.2 Å². The number of halogens is 1. The van der Waals surface area contributed by atoms with Crippen molar-refractivity contribution in [3.8, 4) is 11.1 Å². The van der Waals surface area contributed by atoms with Crippen LogP contribution >= 0.6 is 11.6 Å². The van der Waals surface area contributed by atoms with E-state index in [1.54, 1.807) is 42.5 Å². The van der Waals surface area contributed by atoms with Crippen LogP contribution in [-0.2, 0) is 0 Å². The van der Waals surface area contributed by atoms with E-state index >= 15 is 0 Å². The van der Waals surface area contributed by atoms with Gasteiger partial charge in [0.2, 0.25) is 0 Å². The molecule has 0 aliphatic carbocycles.